The Morgan fingerprint density at radius 1 is 1.25 bits per heavy atom. The molecule has 0 saturated carbocycles. The van der Waals surface area contributed by atoms with Crippen molar-refractivity contribution < 1.29 is 0 Å². The van der Waals surface area contributed by atoms with Crippen molar-refractivity contribution >= 4 is 5.95 Å². The van der Waals surface area contributed by atoms with E-state index in [2.05, 4.69) is 20.4 Å². The highest BCUT2D eigenvalue weighted by Crippen LogP contribution is 2.07. The molecule has 0 aromatic carbocycles. The molecule has 0 amide bonds. The summed E-state index contributed by atoms with van der Waals surface area (Å²) in [4.78, 5) is 8.27. The van der Waals surface area contributed by atoms with E-state index < -0.39 is 0 Å². The van der Waals surface area contributed by atoms with Gasteiger partial charge >= 0.3 is 0 Å². The molecule has 86 valence electrons. The minimum atomic E-state index is 0.714. The van der Waals surface area contributed by atoms with Gasteiger partial charge in [0.25, 0.3) is 0 Å². The maximum atomic E-state index is 4.18. The summed E-state index contributed by atoms with van der Waals surface area (Å²) in [5.74, 6) is 1.48. The van der Waals surface area contributed by atoms with Crippen molar-refractivity contribution in [3.63, 3.8) is 0 Å². The molecule has 2 aromatic rings. The van der Waals surface area contributed by atoms with Crippen molar-refractivity contribution in [3.8, 4) is 5.82 Å². The fraction of sp³-hybridized carbons (Fsp3) is 0.364. The van der Waals surface area contributed by atoms with E-state index in [1.54, 1.807) is 10.9 Å². The van der Waals surface area contributed by atoms with Crippen LogP contribution in [0.1, 0.15) is 20.8 Å². The van der Waals surface area contributed by atoms with Gasteiger partial charge in [0, 0.05) is 12.7 Å². The average Bonchev–Trinajstić information content (AvgIpc) is 2.82. The normalized spacial score (nSPS) is 9.19. The van der Waals surface area contributed by atoms with Crippen LogP contribution in [0.5, 0.6) is 0 Å². The molecule has 0 aliphatic rings. The van der Waals surface area contributed by atoms with Gasteiger partial charge in [0.05, 0.1) is 0 Å². The molecule has 0 fully saturated rings. The highest BCUT2D eigenvalue weighted by atomic mass is 15.4. The Morgan fingerprint density at radius 3 is 2.69 bits per heavy atom. The summed E-state index contributed by atoms with van der Waals surface area (Å²) < 4.78 is 1.67. The number of nitrogens with one attached hydrogen (secondary N) is 1. The van der Waals surface area contributed by atoms with Crippen LogP contribution in [0.4, 0.5) is 5.95 Å². The third-order valence-electron chi connectivity index (χ3n) is 1.75. The van der Waals surface area contributed by atoms with Crippen LogP contribution in [0, 0.1) is 0 Å². The second-order valence-electron chi connectivity index (χ2n) is 2.71. The molecule has 0 aliphatic heterocycles. The Bertz CT molecular complexity index is 396. The minimum Gasteiger partial charge on any atom is -0.354 e. The van der Waals surface area contributed by atoms with E-state index in [-0.39, 0.29) is 0 Å². The highest BCUT2D eigenvalue weighted by molar-refractivity contribution is 5.33. The van der Waals surface area contributed by atoms with E-state index in [4.69, 9.17) is 0 Å². The van der Waals surface area contributed by atoms with Crippen molar-refractivity contribution in [2.24, 2.45) is 0 Å². The van der Waals surface area contributed by atoms with E-state index in [1.165, 1.54) is 6.33 Å². The first-order valence-electron chi connectivity index (χ1n) is 5.47. The maximum absolute atomic E-state index is 4.18. The van der Waals surface area contributed by atoms with Crippen molar-refractivity contribution in [1.82, 2.24) is 19.7 Å². The Hall–Kier alpha value is -1.91. The number of hydrogen-bond donors (Lipinski definition) is 1. The summed E-state index contributed by atoms with van der Waals surface area (Å²) in [5, 5.41) is 7.19. The Labute approximate surface area is 95.6 Å². The third-order valence-corrected chi connectivity index (χ3v) is 1.75. The summed E-state index contributed by atoms with van der Waals surface area (Å²) >= 11 is 0. The predicted molar refractivity (Wildman–Crippen MR) is 64.7 cm³/mol. The first kappa shape index (κ1) is 12.2. The summed E-state index contributed by atoms with van der Waals surface area (Å²) in [5.41, 5.74) is 0. The zero-order valence-electron chi connectivity index (χ0n) is 9.88. The van der Waals surface area contributed by atoms with Crippen LogP contribution in [0.15, 0.2) is 30.7 Å². The van der Waals surface area contributed by atoms with Gasteiger partial charge < -0.3 is 5.32 Å². The molecule has 0 bridgehead atoms. The smallest absolute Gasteiger partial charge is 0.227 e. The SMILES string of the molecule is CC.CCNc1ncnn1-c1ccccn1. The fourth-order valence-corrected chi connectivity index (χ4v) is 1.17. The third kappa shape index (κ3) is 2.79. The van der Waals surface area contributed by atoms with Gasteiger partial charge in [-0.05, 0) is 19.1 Å². The Morgan fingerprint density at radius 2 is 2.06 bits per heavy atom. The molecule has 0 radical (unpaired) electrons. The van der Waals surface area contributed by atoms with Crippen LogP contribution in [-0.4, -0.2) is 26.3 Å². The van der Waals surface area contributed by atoms with Crippen LogP contribution < -0.4 is 5.32 Å². The fourth-order valence-electron chi connectivity index (χ4n) is 1.17. The van der Waals surface area contributed by atoms with E-state index in [0.29, 0.717) is 5.95 Å². The van der Waals surface area contributed by atoms with Crippen molar-refractivity contribution in [2.45, 2.75) is 20.8 Å². The number of rotatable bonds is 3. The first-order chi connectivity index (χ1) is 7.92. The lowest BCUT2D eigenvalue weighted by Gasteiger charge is -2.04. The molecular weight excluding hydrogens is 202 g/mol. The van der Waals surface area contributed by atoms with Crippen molar-refractivity contribution in [2.75, 3.05) is 11.9 Å². The van der Waals surface area contributed by atoms with E-state index in [0.717, 1.165) is 12.4 Å². The number of nitrogens with zero attached hydrogens (tertiary/aromatic N) is 4. The molecular formula is C11H17N5. The van der Waals surface area contributed by atoms with Crippen LogP contribution in [-0.2, 0) is 0 Å². The summed E-state index contributed by atoms with van der Waals surface area (Å²) in [7, 11) is 0. The number of anilines is 1. The first-order valence-corrected chi connectivity index (χ1v) is 5.47. The second kappa shape index (κ2) is 6.55. The number of pyridine rings is 1. The standard InChI is InChI=1S/C9H11N5.C2H6/c1-2-10-9-12-7-13-14(9)8-5-3-4-6-11-8;1-2/h3-7H,2H2,1H3,(H,10,12,13);1-2H3. The van der Waals surface area contributed by atoms with E-state index in [1.807, 2.05) is 39.0 Å². The largest absolute Gasteiger partial charge is 0.354 e. The Balaban J connectivity index is 0.000000606. The van der Waals surface area contributed by atoms with Gasteiger partial charge in [-0.1, -0.05) is 19.9 Å². The van der Waals surface area contributed by atoms with E-state index in [9.17, 15) is 0 Å². The van der Waals surface area contributed by atoms with Gasteiger partial charge in [-0.2, -0.15) is 14.8 Å². The molecule has 2 rings (SSSR count). The zero-order chi connectivity index (χ0) is 11.8. The molecule has 5 nitrogen and oxygen atoms in total. The maximum Gasteiger partial charge on any atom is 0.227 e. The molecule has 2 aromatic heterocycles. The topological polar surface area (TPSA) is 55.6 Å². The van der Waals surface area contributed by atoms with Gasteiger partial charge in [-0.15, -0.1) is 0 Å². The van der Waals surface area contributed by atoms with Crippen molar-refractivity contribution in [1.29, 1.82) is 0 Å². The highest BCUT2D eigenvalue weighted by Gasteiger charge is 2.04. The number of aromatic nitrogens is 4. The van der Waals surface area contributed by atoms with Gasteiger partial charge in [0.1, 0.15) is 6.33 Å². The van der Waals surface area contributed by atoms with Gasteiger partial charge in [-0.25, -0.2) is 4.98 Å². The van der Waals surface area contributed by atoms with Gasteiger partial charge in [0.2, 0.25) is 5.95 Å². The van der Waals surface area contributed by atoms with E-state index >= 15 is 0 Å². The van der Waals surface area contributed by atoms with Crippen LogP contribution in [0.3, 0.4) is 0 Å². The lowest BCUT2D eigenvalue weighted by atomic mass is 10.5. The molecule has 16 heavy (non-hydrogen) atoms. The summed E-state index contributed by atoms with van der Waals surface area (Å²) in [6, 6.07) is 5.67. The van der Waals surface area contributed by atoms with Crippen LogP contribution in [0.25, 0.3) is 5.82 Å². The molecule has 0 saturated heterocycles. The van der Waals surface area contributed by atoms with Gasteiger partial charge in [0.15, 0.2) is 5.82 Å². The minimum absolute atomic E-state index is 0.714. The van der Waals surface area contributed by atoms with Gasteiger partial charge in [-0.3, -0.25) is 0 Å². The zero-order valence-corrected chi connectivity index (χ0v) is 9.88. The molecule has 0 unspecified atom stereocenters. The predicted octanol–water partition coefficient (Wildman–Crippen LogP) is 2.12. The monoisotopic (exact) mass is 219 g/mol. The molecule has 0 atom stereocenters. The summed E-state index contributed by atoms with van der Waals surface area (Å²) in [6.45, 7) is 6.82. The lowest BCUT2D eigenvalue weighted by Crippen LogP contribution is -2.07. The van der Waals surface area contributed by atoms with Crippen LogP contribution >= 0.6 is 0 Å². The molecule has 0 spiro atoms. The lowest BCUT2D eigenvalue weighted by molar-refractivity contribution is 0.845. The molecule has 1 N–H and O–H groups in total. The number of hydrogen-bond acceptors (Lipinski definition) is 4. The average molecular weight is 219 g/mol. The Kier molecular flexibility index (Phi) is 4.98. The summed E-state index contributed by atoms with van der Waals surface area (Å²) in [6.07, 6.45) is 3.24. The molecule has 2 heterocycles. The molecule has 0 aliphatic carbocycles. The van der Waals surface area contributed by atoms with Crippen LogP contribution in [0.2, 0.25) is 0 Å². The second-order valence-corrected chi connectivity index (χ2v) is 2.71. The van der Waals surface area contributed by atoms with Crippen molar-refractivity contribution in [3.05, 3.63) is 30.7 Å². The molecule has 5 heteroatoms. The quantitative estimate of drug-likeness (QED) is 0.859.